The number of primary sulfonamides is 1. The highest BCUT2D eigenvalue weighted by Crippen LogP contribution is 2.19. The fourth-order valence-electron chi connectivity index (χ4n) is 2.70. The van der Waals surface area contributed by atoms with E-state index in [1.807, 2.05) is 6.92 Å². The average Bonchev–Trinajstić information content (AvgIpc) is 2.44. The van der Waals surface area contributed by atoms with Crippen LogP contribution in [0.3, 0.4) is 0 Å². The Balaban J connectivity index is 2.97. The van der Waals surface area contributed by atoms with Gasteiger partial charge in [0.25, 0.3) is 5.91 Å². The van der Waals surface area contributed by atoms with Crippen LogP contribution in [0.4, 0.5) is 0 Å². The summed E-state index contributed by atoms with van der Waals surface area (Å²) >= 11 is 0. The zero-order valence-electron chi connectivity index (χ0n) is 14.5. The summed E-state index contributed by atoms with van der Waals surface area (Å²) in [6.07, 6.45) is 0. The van der Waals surface area contributed by atoms with Crippen LogP contribution in [0.25, 0.3) is 0 Å². The molecule has 0 radical (unpaired) electrons. The first kappa shape index (κ1) is 19.6. The Kier molecular flexibility index (Phi) is 6.73. The Morgan fingerprint density at radius 2 is 1.78 bits per heavy atom. The molecule has 0 spiro atoms. The predicted octanol–water partition coefficient (Wildman–Crippen LogP) is 1.41. The number of carbonyl (C=O) groups excluding carboxylic acids is 1. The van der Waals surface area contributed by atoms with Crippen molar-refractivity contribution in [1.82, 2.24) is 10.2 Å². The summed E-state index contributed by atoms with van der Waals surface area (Å²) < 4.78 is 23.2. The van der Waals surface area contributed by atoms with E-state index in [1.54, 1.807) is 19.9 Å². The van der Waals surface area contributed by atoms with Crippen LogP contribution in [0.15, 0.2) is 17.0 Å². The molecule has 0 aliphatic heterocycles. The molecule has 6 nitrogen and oxygen atoms in total. The van der Waals surface area contributed by atoms with E-state index < -0.39 is 10.0 Å². The molecule has 0 heterocycles. The average molecular weight is 341 g/mol. The van der Waals surface area contributed by atoms with Crippen molar-refractivity contribution in [1.29, 1.82) is 0 Å². The molecule has 7 heteroatoms. The molecule has 1 aromatic rings. The number of nitrogens with two attached hydrogens (primary N) is 1. The van der Waals surface area contributed by atoms with E-state index in [-0.39, 0.29) is 16.8 Å². The van der Waals surface area contributed by atoms with E-state index >= 15 is 0 Å². The molecule has 0 unspecified atom stereocenters. The molecule has 0 aromatic heterocycles. The maximum Gasteiger partial charge on any atom is 0.251 e. The number of hydrogen-bond donors (Lipinski definition) is 2. The second kappa shape index (κ2) is 7.90. The molecule has 0 aliphatic rings. The molecule has 0 fully saturated rings. The second-order valence-corrected chi connectivity index (χ2v) is 7.29. The highest BCUT2D eigenvalue weighted by molar-refractivity contribution is 7.89. The molecule has 23 heavy (non-hydrogen) atoms. The first-order valence-electron chi connectivity index (χ1n) is 7.78. The third-order valence-corrected chi connectivity index (χ3v) is 5.12. The fourth-order valence-corrected chi connectivity index (χ4v) is 3.49. The number of nitrogens with one attached hydrogen (secondary N) is 1. The van der Waals surface area contributed by atoms with Gasteiger partial charge in [-0.15, -0.1) is 0 Å². The summed E-state index contributed by atoms with van der Waals surface area (Å²) in [6.45, 7) is 12.0. The van der Waals surface area contributed by atoms with Gasteiger partial charge in [0.15, 0.2) is 0 Å². The van der Waals surface area contributed by atoms with Crippen molar-refractivity contribution in [2.24, 2.45) is 5.14 Å². The monoisotopic (exact) mass is 341 g/mol. The van der Waals surface area contributed by atoms with Crippen LogP contribution < -0.4 is 10.5 Å². The Labute approximate surface area is 139 Å². The smallest absolute Gasteiger partial charge is 0.251 e. The maximum absolute atomic E-state index is 12.4. The lowest BCUT2D eigenvalue weighted by Gasteiger charge is -2.26. The summed E-state index contributed by atoms with van der Waals surface area (Å²) in [6, 6.07) is 3.23. The summed E-state index contributed by atoms with van der Waals surface area (Å²) in [4.78, 5) is 14.6. The van der Waals surface area contributed by atoms with Crippen LogP contribution in [0.2, 0.25) is 0 Å². The van der Waals surface area contributed by atoms with Gasteiger partial charge in [0.05, 0.1) is 4.90 Å². The van der Waals surface area contributed by atoms with E-state index in [2.05, 4.69) is 24.1 Å². The van der Waals surface area contributed by atoms with Gasteiger partial charge in [-0.2, -0.15) is 0 Å². The molecule has 1 rings (SSSR count). The Hall–Kier alpha value is -1.44. The SMILES string of the molecule is CCN(CC)[C@@H](C)CNC(=O)c1cc(S(N)(=O)=O)c(C)cc1C. The summed E-state index contributed by atoms with van der Waals surface area (Å²) in [5, 5.41) is 8.08. The highest BCUT2D eigenvalue weighted by Gasteiger charge is 2.18. The van der Waals surface area contributed by atoms with Gasteiger partial charge in [0, 0.05) is 18.2 Å². The van der Waals surface area contributed by atoms with E-state index in [0.717, 1.165) is 18.7 Å². The van der Waals surface area contributed by atoms with Gasteiger partial charge in [-0.25, -0.2) is 13.6 Å². The normalized spacial score (nSPS) is 13.2. The molecule has 130 valence electrons. The number of amides is 1. The number of carbonyl (C=O) groups is 1. The Bertz CT molecular complexity index is 667. The maximum atomic E-state index is 12.4. The highest BCUT2D eigenvalue weighted by atomic mass is 32.2. The van der Waals surface area contributed by atoms with Crippen molar-refractivity contribution in [2.75, 3.05) is 19.6 Å². The number of sulfonamides is 1. The van der Waals surface area contributed by atoms with Crippen LogP contribution in [-0.4, -0.2) is 44.9 Å². The van der Waals surface area contributed by atoms with Gasteiger partial charge in [0.2, 0.25) is 10.0 Å². The summed E-state index contributed by atoms with van der Waals surface area (Å²) in [5.74, 6) is -0.286. The lowest BCUT2D eigenvalue weighted by molar-refractivity contribution is 0.0937. The molecule has 0 bridgehead atoms. The first-order chi connectivity index (χ1) is 10.6. The minimum absolute atomic E-state index is 0.00922. The van der Waals surface area contributed by atoms with Crippen LogP contribution in [0, 0.1) is 13.8 Å². The van der Waals surface area contributed by atoms with E-state index in [9.17, 15) is 13.2 Å². The molecular weight excluding hydrogens is 314 g/mol. The third kappa shape index (κ3) is 5.02. The van der Waals surface area contributed by atoms with Gasteiger partial charge < -0.3 is 5.32 Å². The minimum atomic E-state index is -3.85. The zero-order chi connectivity index (χ0) is 17.8. The van der Waals surface area contributed by atoms with Crippen molar-refractivity contribution < 1.29 is 13.2 Å². The molecule has 1 aromatic carbocycles. The molecule has 0 saturated carbocycles. The van der Waals surface area contributed by atoms with Crippen molar-refractivity contribution in [3.8, 4) is 0 Å². The van der Waals surface area contributed by atoms with Gasteiger partial charge in [-0.1, -0.05) is 19.9 Å². The first-order valence-corrected chi connectivity index (χ1v) is 9.32. The number of nitrogens with zero attached hydrogens (tertiary/aromatic N) is 1. The van der Waals surface area contributed by atoms with Crippen LogP contribution in [0.5, 0.6) is 0 Å². The molecule has 0 aliphatic carbocycles. The van der Waals surface area contributed by atoms with Crippen molar-refractivity contribution in [2.45, 2.75) is 45.6 Å². The minimum Gasteiger partial charge on any atom is -0.350 e. The lowest BCUT2D eigenvalue weighted by atomic mass is 10.0. The van der Waals surface area contributed by atoms with Crippen molar-refractivity contribution in [3.05, 3.63) is 28.8 Å². The Morgan fingerprint density at radius 3 is 2.26 bits per heavy atom. The second-order valence-electron chi connectivity index (χ2n) is 5.76. The van der Waals surface area contributed by atoms with Crippen LogP contribution in [0.1, 0.15) is 42.3 Å². The lowest BCUT2D eigenvalue weighted by Crippen LogP contribution is -2.42. The molecule has 3 N–H and O–H groups in total. The largest absolute Gasteiger partial charge is 0.350 e. The molecule has 1 amide bonds. The van der Waals surface area contributed by atoms with E-state index in [0.29, 0.717) is 17.7 Å². The molecule has 1 atom stereocenters. The third-order valence-electron chi connectivity index (χ3n) is 4.07. The topological polar surface area (TPSA) is 92.5 Å². The van der Waals surface area contributed by atoms with Gasteiger partial charge in [-0.05, 0) is 51.1 Å². The zero-order valence-corrected chi connectivity index (χ0v) is 15.3. The van der Waals surface area contributed by atoms with Crippen LogP contribution in [-0.2, 0) is 10.0 Å². The van der Waals surface area contributed by atoms with Crippen molar-refractivity contribution in [3.63, 3.8) is 0 Å². The fraction of sp³-hybridized carbons (Fsp3) is 0.562. The van der Waals surface area contributed by atoms with Gasteiger partial charge in [-0.3, -0.25) is 9.69 Å². The number of rotatable bonds is 7. The predicted molar refractivity (Wildman–Crippen MR) is 92.0 cm³/mol. The van der Waals surface area contributed by atoms with Crippen LogP contribution >= 0.6 is 0 Å². The number of benzene rings is 1. The van der Waals surface area contributed by atoms with Gasteiger partial charge >= 0.3 is 0 Å². The number of aryl methyl sites for hydroxylation is 2. The summed E-state index contributed by atoms with van der Waals surface area (Å²) in [7, 11) is -3.85. The molecule has 0 saturated heterocycles. The summed E-state index contributed by atoms with van der Waals surface area (Å²) in [5.41, 5.74) is 1.60. The van der Waals surface area contributed by atoms with Gasteiger partial charge in [0.1, 0.15) is 0 Å². The molecular formula is C16H27N3O3S. The number of likely N-dealkylation sites (N-methyl/N-ethyl adjacent to an activating group) is 1. The Morgan fingerprint density at radius 1 is 1.22 bits per heavy atom. The van der Waals surface area contributed by atoms with Crippen molar-refractivity contribution >= 4 is 15.9 Å². The van der Waals surface area contributed by atoms with E-state index in [1.165, 1.54) is 6.07 Å². The standard InChI is InChI=1S/C16H27N3O3S/c1-6-19(7-2)13(5)10-18-16(20)14-9-15(23(17,21)22)12(4)8-11(14)3/h8-9,13H,6-7,10H2,1-5H3,(H,18,20)(H2,17,21,22)/t13-/m0/s1. The number of hydrogen-bond acceptors (Lipinski definition) is 4. The quantitative estimate of drug-likeness (QED) is 0.784. The van der Waals surface area contributed by atoms with E-state index in [4.69, 9.17) is 5.14 Å².